The van der Waals surface area contributed by atoms with Crippen molar-refractivity contribution in [3.8, 4) is 16.2 Å². The van der Waals surface area contributed by atoms with Gasteiger partial charge in [-0.1, -0.05) is 18.2 Å². The standard InChI is InChI=1S/C27H21NO7S/c28-26(34)22-17(30)10-13-7-12-8-15-14(19-9-11-3-1-2-4-18(11)36-19)5-6-16(29)21(15)23(31)20(12)24(32)27(13,35)25(22)33/h1-6,9,12-13,29,31,33,35H,7-8,10H2,(H2,28,34). The summed E-state index contributed by atoms with van der Waals surface area (Å²) in [5.41, 5.74) is 3.28. The number of primary amides is 1. The monoisotopic (exact) mass is 503 g/mol. The van der Waals surface area contributed by atoms with E-state index in [2.05, 4.69) is 0 Å². The molecular formula is C27H21NO7S. The smallest absolute Gasteiger partial charge is 0.255 e. The molecule has 0 radical (unpaired) electrons. The molecule has 1 fully saturated rings. The molecule has 3 aliphatic carbocycles. The lowest BCUT2D eigenvalue weighted by Crippen LogP contribution is -2.58. The molecule has 1 heterocycles. The average molecular weight is 504 g/mol. The Morgan fingerprint density at radius 3 is 2.53 bits per heavy atom. The molecule has 2 aromatic carbocycles. The maximum atomic E-state index is 13.6. The zero-order valence-electron chi connectivity index (χ0n) is 18.8. The minimum Gasteiger partial charge on any atom is -0.508 e. The molecule has 8 nitrogen and oxygen atoms in total. The van der Waals surface area contributed by atoms with Crippen LogP contribution in [-0.4, -0.2) is 43.5 Å². The lowest BCUT2D eigenvalue weighted by molar-refractivity contribution is -0.147. The van der Waals surface area contributed by atoms with Crippen molar-refractivity contribution < 1.29 is 34.8 Å². The van der Waals surface area contributed by atoms with Gasteiger partial charge in [0.2, 0.25) is 5.78 Å². The van der Waals surface area contributed by atoms with Crippen molar-refractivity contribution in [1.29, 1.82) is 0 Å². The van der Waals surface area contributed by atoms with Gasteiger partial charge in [-0.3, -0.25) is 14.4 Å². The number of ketones is 2. The average Bonchev–Trinajstić information content (AvgIpc) is 3.25. The summed E-state index contributed by atoms with van der Waals surface area (Å²) < 4.78 is 1.08. The van der Waals surface area contributed by atoms with Crippen LogP contribution in [0.2, 0.25) is 0 Å². The Bertz CT molecular complexity index is 1560. The quantitative estimate of drug-likeness (QED) is 0.336. The van der Waals surface area contributed by atoms with Crippen LogP contribution in [0.5, 0.6) is 5.75 Å². The summed E-state index contributed by atoms with van der Waals surface area (Å²) in [5, 5.41) is 45.0. The normalized spacial score (nSPS) is 25.6. The van der Waals surface area contributed by atoms with Crippen LogP contribution in [0.1, 0.15) is 24.0 Å². The van der Waals surface area contributed by atoms with E-state index in [0.717, 1.165) is 20.5 Å². The zero-order chi connectivity index (χ0) is 25.5. The number of aliphatic hydroxyl groups excluding tert-OH is 2. The molecule has 3 aromatic rings. The van der Waals surface area contributed by atoms with Gasteiger partial charge in [-0.25, -0.2) is 0 Å². The number of aromatic hydroxyl groups is 1. The van der Waals surface area contributed by atoms with E-state index < -0.39 is 52.0 Å². The number of phenolic OH excluding ortho intramolecular Hbond substituents is 1. The maximum absolute atomic E-state index is 13.6. The highest BCUT2D eigenvalue weighted by molar-refractivity contribution is 7.22. The van der Waals surface area contributed by atoms with Gasteiger partial charge in [-0.15, -0.1) is 11.3 Å². The Morgan fingerprint density at radius 1 is 1.06 bits per heavy atom. The lowest BCUT2D eigenvalue weighted by Gasteiger charge is -2.46. The topological polar surface area (TPSA) is 158 Å². The molecule has 36 heavy (non-hydrogen) atoms. The van der Waals surface area contributed by atoms with Gasteiger partial charge in [-0.05, 0) is 59.5 Å². The number of fused-ring (bicyclic) bond motifs is 4. The van der Waals surface area contributed by atoms with E-state index in [-0.39, 0.29) is 36.1 Å². The number of Topliss-reactive ketones (excluding diaryl/α,β-unsaturated/α-hetero) is 2. The Balaban J connectivity index is 1.54. The van der Waals surface area contributed by atoms with Crippen molar-refractivity contribution in [2.24, 2.45) is 17.6 Å². The molecule has 1 amide bonds. The second-order valence-electron chi connectivity index (χ2n) is 9.54. The predicted molar refractivity (Wildman–Crippen MR) is 132 cm³/mol. The van der Waals surface area contributed by atoms with Crippen LogP contribution in [0.4, 0.5) is 0 Å². The molecule has 6 N–H and O–H groups in total. The Labute approximate surface area is 208 Å². The molecule has 9 heteroatoms. The fourth-order valence-corrected chi connectivity index (χ4v) is 7.08. The molecule has 1 aromatic heterocycles. The van der Waals surface area contributed by atoms with Gasteiger partial charge in [-0.2, -0.15) is 0 Å². The van der Waals surface area contributed by atoms with Crippen molar-refractivity contribution >= 4 is 44.7 Å². The van der Waals surface area contributed by atoms with E-state index in [1.165, 1.54) is 6.07 Å². The number of benzene rings is 2. The third-order valence-electron chi connectivity index (χ3n) is 7.64. The number of amides is 1. The Morgan fingerprint density at radius 2 is 1.81 bits per heavy atom. The van der Waals surface area contributed by atoms with Gasteiger partial charge >= 0.3 is 0 Å². The fourth-order valence-electron chi connectivity index (χ4n) is 5.97. The van der Waals surface area contributed by atoms with Crippen LogP contribution in [0.3, 0.4) is 0 Å². The second kappa shape index (κ2) is 7.52. The summed E-state index contributed by atoms with van der Waals surface area (Å²) in [6, 6.07) is 13.1. The van der Waals surface area contributed by atoms with Crippen LogP contribution in [0, 0.1) is 11.8 Å². The molecule has 0 saturated heterocycles. The minimum absolute atomic E-state index is 0.0945. The number of rotatable bonds is 2. The van der Waals surface area contributed by atoms with Crippen molar-refractivity contribution in [3.63, 3.8) is 0 Å². The minimum atomic E-state index is -2.56. The van der Waals surface area contributed by atoms with Crippen LogP contribution in [0.25, 0.3) is 26.3 Å². The number of phenols is 1. The molecule has 3 atom stereocenters. The van der Waals surface area contributed by atoms with Crippen molar-refractivity contribution in [2.75, 3.05) is 0 Å². The highest BCUT2D eigenvalue weighted by Crippen LogP contribution is 2.53. The SMILES string of the molecule is NC(=O)C1=C(O)C2(O)C(=O)C3=C(O)c4c(O)ccc(-c5cc6ccccc6s5)c4CC3CC2CC1=O. The number of hydrogen-bond acceptors (Lipinski definition) is 8. The summed E-state index contributed by atoms with van der Waals surface area (Å²) in [6.45, 7) is 0. The van der Waals surface area contributed by atoms with E-state index in [4.69, 9.17) is 5.73 Å². The second-order valence-corrected chi connectivity index (χ2v) is 10.6. The first-order chi connectivity index (χ1) is 17.1. The Hall–Kier alpha value is -3.95. The molecule has 6 rings (SSSR count). The lowest BCUT2D eigenvalue weighted by atomic mass is 9.59. The summed E-state index contributed by atoms with van der Waals surface area (Å²) >= 11 is 1.57. The van der Waals surface area contributed by atoms with Gasteiger partial charge in [0.15, 0.2) is 11.4 Å². The number of aliphatic hydroxyl groups is 3. The van der Waals surface area contributed by atoms with E-state index in [1.54, 1.807) is 17.4 Å². The van der Waals surface area contributed by atoms with Gasteiger partial charge < -0.3 is 26.2 Å². The molecule has 0 aliphatic heterocycles. The highest BCUT2D eigenvalue weighted by atomic mass is 32.1. The molecule has 3 unspecified atom stereocenters. The Kier molecular flexibility index (Phi) is 4.70. The molecule has 3 aliphatic rings. The summed E-state index contributed by atoms with van der Waals surface area (Å²) in [7, 11) is 0. The molecule has 1 saturated carbocycles. The van der Waals surface area contributed by atoms with Crippen LogP contribution < -0.4 is 5.73 Å². The largest absolute Gasteiger partial charge is 0.508 e. The molecule has 0 bridgehead atoms. The van der Waals surface area contributed by atoms with Crippen molar-refractivity contribution in [2.45, 2.75) is 24.9 Å². The number of hydrogen-bond donors (Lipinski definition) is 5. The number of nitrogens with two attached hydrogens (primary N) is 1. The van der Waals surface area contributed by atoms with Gasteiger partial charge in [0.05, 0.1) is 5.56 Å². The first-order valence-corrected chi connectivity index (χ1v) is 12.3. The molecule has 0 spiro atoms. The van der Waals surface area contributed by atoms with Crippen molar-refractivity contribution in [1.82, 2.24) is 0 Å². The highest BCUT2D eigenvalue weighted by Gasteiger charge is 2.60. The fraction of sp³-hybridized carbons (Fsp3) is 0.222. The molecule has 182 valence electrons. The number of carbonyl (C=O) groups is 3. The van der Waals surface area contributed by atoms with Crippen LogP contribution >= 0.6 is 11.3 Å². The predicted octanol–water partition coefficient (Wildman–Crippen LogP) is 3.31. The third-order valence-corrected chi connectivity index (χ3v) is 8.79. The zero-order valence-corrected chi connectivity index (χ0v) is 19.6. The summed E-state index contributed by atoms with van der Waals surface area (Å²) in [5.74, 6) is -6.32. The van der Waals surface area contributed by atoms with Gasteiger partial charge in [0, 0.05) is 27.5 Å². The summed E-state index contributed by atoms with van der Waals surface area (Å²) in [6.07, 6.45) is 0.0297. The first kappa shape index (κ1) is 22.5. The maximum Gasteiger partial charge on any atom is 0.255 e. The van der Waals surface area contributed by atoms with E-state index in [1.807, 2.05) is 30.3 Å². The van der Waals surface area contributed by atoms with E-state index in [0.29, 0.717) is 5.56 Å². The third kappa shape index (κ3) is 2.87. The summed E-state index contributed by atoms with van der Waals surface area (Å²) in [4.78, 5) is 38.8. The van der Waals surface area contributed by atoms with Gasteiger partial charge in [0.1, 0.15) is 22.8 Å². The van der Waals surface area contributed by atoms with Gasteiger partial charge in [0.25, 0.3) is 5.91 Å². The van der Waals surface area contributed by atoms with Crippen LogP contribution in [-0.2, 0) is 20.8 Å². The number of thiophene rings is 1. The van der Waals surface area contributed by atoms with Crippen LogP contribution in [0.15, 0.2) is 59.4 Å². The first-order valence-electron chi connectivity index (χ1n) is 11.4. The molecular weight excluding hydrogens is 482 g/mol. The van der Waals surface area contributed by atoms with E-state index in [9.17, 15) is 34.8 Å². The van der Waals surface area contributed by atoms with E-state index >= 15 is 0 Å². The number of carbonyl (C=O) groups excluding carboxylic acids is 3. The van der Waals surface area contributed by atoms with Crippen molar-refractivity contribution in [3.05, 3.63) is 70.5 Å².